The van der Waals surface area contributed by atoms with Crippen molar-refractivity contribution in [1.29, 1.82) is 0 Å². The van der Waals surface area contributed by atoms with Crippen LogP contribution < -0.4 is 0 Å². The van der Waals surface area contributed by atoms with Gasteiger partial charge in [0, 0.05) is 23.5 Å². The van der Waals surface area contributed by atoms with E-state index in [0.29, 0.717) is 10.0 Å². The molecule has 1 amide bonds. The highest BCUT2D eigenvalue weighted by Gasteiger charge is 2.42. The van der Waals surface area contributed by atoms with Gasteiger partial charge in [-0.3, -0.25) is 4.79 Å². The molecule has 7 heteroatoms. The predicted octanol–water partition coefficient (Wildman–Crippen LogP) is 3.62. The van der Waals surface area contributed by atoms with Crippen LogP contribution in [0.25, 0.3) is 0 Å². The molecule has 5 nitrogen and oxygen atoms in total. The lowest BCUT2D eigenvalue weighted by Gasteiger charge is -2.24. The predicted molar refractivity (Wildman–Crippen MR) is 85.8 cm³/mol. The number of halogens is 2. The van der Waals surface area contributed by atoms with Gasteiger partial charge in [0.15, 0.2) is 0 Å². The third-order valence-corrected chi connectivity index (χ3v) is 4.14. The van der Waals surface area contributed by atoms with E-state index in [4.69, 9.17) is 4.74 Å². The Morgan fingerprint density at radius 1 is 1.35 bits per heavy atom. The minimum absolute atomic E-state index is 0.00438. The van der Waals surface area contributed by atoms with E-state index in [-0.39, 0.29) is 13.1 Å². The van der Waals surface area contributed by atoms with Crippen LogP contribution in [0.2, 0.25) is 0 Å². The first kappa shape index (κ1) is 17.7. The van der Waals surface area contributed by atoms with Gasteiger partial charge in [0.05, 0.1) is 5.92 Å². The maximum atomic E-state index is 14.2. The molecule has 0 aromatic heterocycles. The Kier molecular flexibility index (Phi) is 4.98. The second-order valence-corrected chi connectivity index (χ2v) is 7.52. The van der Waals surface area contributed by atoms with Crippen molar-refractivity contribution in [3.8, 4) is 0 Å². The second-order valence-electron chi connectivity index (χ2n) is 6.60. The number of likely N-dealkylation sites (tertiary alicyclic amines) is 1. The SMILES string of the molecule is CC(C)(C)OC(=O)N1CC(C(=O)O)C(c2ccc(Br)cc2F)C1. The van der Waals surface area contributed by atoms with Crippen LogP contribution >= 0.6 is 15.9 Å². The molecular formula is C16H19BrFNO4. The summed E-state index contributed by atoms with van der Waals surface area (Å²) in [6.45, 7) is 5.33. The molecule has 0 spiro atoms. The normalized spacial score (nSPS) is 21.3. The number of carboxylic acid groups (broad SMARTS) is 1. The summed E-state index contributed by atoms with van der Waals surface area (Å²) in [6.07, 6.45) is -0.580. The van der Waals surface area contributed by atoms with Gasteiger partial charge >= 0.3 is 12.1 Å². The number of carbonyl (C=O) groups is 2. The lowest BCUT2D eigenvalue weighted by molar-refractivity contribution is -0.141. The summed E-state index contributed by atoms with van der Waals surface area (Å²) in [4.78, 5) is 25.0. The molecule has 2 rings (SSSR count). The highest BCUT2D eigenvalue weighted by Crippen LogP contribution is 2.35. The Morgan fingerprint density at radius 3 is 2.52 bits per heavy atom. The van der Waals surface area contributed by atoms with Gasteiger partial charge < -0.3 is 14.7 Å². The maximum Gasteiger partial charge on any atom is 0.410 e. The van der Waals surface area contributed by atoms with Gasteiger partial charge in [0.1, 0.15) is 11.4 Å². The topological polar surface area (TPSA) is 66.8 Å². The van der Waals surface area contributed by atoms with Crippen molar-refractivity contribution in [2.24, 2.45) is 5.92 Å². The van der Waals surface area contributed by atoms with Crippen LogP contribution in [0, 0.1) is 11.7 Å². The molecule has 1 aromatic rings. The summed E-state index contributed by atoms with van der Waals surface area (Å²) in [7, 11) is 0. The summed E-state index contributed by atoms with van der Waals surface area (Å²) in [5.74, 6) is -3.00. The first-order chi connectivity index (χ1) is 10.6. The van der Waals surface area contributed by atoms with E-state index in [1.165, 1.54) is 11.0 Å². The van der Waals surface area contributed by atoms with E-state index < -0.39 is 35.3 Å². The zero-order valence-corrected chi connectivity index (χ0v) is 14.8. The van der Waals surface area contributed by atoms with E-state index in [1.807, 2.05) is 0 Å². The number of hydrogen-bond acceptors (Lipinski definition) is 3. The fourth-order valence-electron chi connectivity index (χ4n) is 2.65. The average molecular weight is 388 g/mol. The van der Waals surface area contributed by atoms with Crippen molar-refractivity contribution in [3.05, 3.63) is 34.1 Å². The Labute approximate surface area is 142 Å². The largest absolute Gasteiger partial charge is 0.481 e. The third-order valence-electron chi connectivity index (χ3n) is 3.65. The van der Waals surface area contributed by atoms with Crippen LogP contribution in [-0.2, 0) is 9.53 Å². The van der Waals surface area contributed by atoms with Gasteiger partial charge in [-0.1, -0.05) is 22.0 Å². The standard InChI is InChI=1S/C16H19BrFNO4/c1-16(2,3)23-15(22)19-7-11(12(8-19)14(20)21)10-5-4-9(17)6-13(10)18/h4-6,11-12H,7-8H2,1-3H3,(H,20,21). The van der Waals surface area contributed by atoms with Gasteiger partial charge in [-0.2, -0.15) is 0 Å². The molecule has 0 saturated carbocycles. The first-order valence-corrected chi connectivity index (χ1v) is 8.03. The van der Waals surface area contributed by atoms with Crippen molar-refractivity contribution < 1.29 is 23.8 Å². The first-order valence-electron chi connectivity index (χ1n) is 7.24. The summed E-state index contributed by atoms with van der Waals surface area (Å²) in [6, 6.07) is 4.51. The van der Waals surface area contributed by atoms with Crippen LogP contribution in [-0.4, -0.2) is 40.8 Å². The second kappa shape index (κ2) is 6.47. The number of benzene rings is 1. The summed E-state index contributed by atoms with van der Waals surface area (Å²) < 4.78 is 20.0. The molecule has 2 atom stereocenters. The van der Waals surface area contributed by atoms with E-state index in [9.17, 15) is 19.1 Å². The fraction of sp³-hybridized carbons (Fsp3) is 0.500. The van der Waals surface area contributed by atoms with E-state index >= 15 is 0 Å². The number of nitrogens with zero attached hydrogens (tertiary/aromatic N) is 1. The quantitative estimate of drug-likeness (QED) is 0.841. The zero-order valence-electron chi connectivity index (χ0n) is 13.2. The van der Waals surface area contributed by atoms with Gasteiger partial charge in [0.25, 0.3) is 0 Å². The Balaban J connectivity index is 2.25. The average Bonchev–Trinajstić information content (AvgIpc) is 2.81. The Hall–Kier alpha value is -1.63. The molecule has 1 saturated heterocycles. The Morgan fingerprint density at radius 2 is 2.00 bits per heavy atom. The molecule has 1 aliphatic heterocycles. The fourth-order valence-corrected chi connectivity index (χ4v) is 2.98. The summed E-state index contributed by atoms with van der Waals surface area (Å²) in [5.41, 5.74) is -0.372. The molecule has 1 N–H and O–H groups in total. The zero-order chi connectivity index (χ0) is 17.4. The number of amides is 1. The van der Waals surface area contributed by atoms with Gasteiger partial charge in [-0.25, -0.2) is 9.18 Å². The molecule has 2 unspecified atom stereocenters. The lowest BCUT2D eigenvalue weighted by atomic mass is 9.89. The summed E-state index contributed by atoms with van der Waals surface area (Å²) >= 11 is 3.18. The molecule has 0 aliphatic carbocycles. The number of ether oxygens (including phenoxy) is 1. The Bertz CT molecular complexity index is 629. The molecule has 1 aliphatic rings. The van der Waals surface area contributed by atoms with E-state index in [0.717, 1.165) is 0 Å². The van der Waals surface area contributed by atoms with Crippen LogP contribution in [0.5, 0.6) is 0 Å². The van der Waals surface area contributed by atoms with E-state index in [1.54, 1.807) is 32.9 Å². The molecular weight excluding hydrogens is 369 g/mol. The minimum atomic E-state index is -1.05. The van der Waals surface area contributed by atoms with Crippen LogP contribution in [0.1, 0.15) is 32.3 Å². The number of hydrogen-bond donors (Lipinski definition) is 1. The molecule has 0 radical (unpaired) electrons. The number of carboxylic acids is 1. The smallest absolute Gasteiger partial charge is 0.410 e. The lowest BCUT2D eigenvalue weighted by Crippen LogP contribution is -2.35. The molecule has 0 bridgehead atoms. The van der Waals surface area contributed by atoms with Crippen molar-refractivity contribution in [3.63, 3.8) is 0 Å². The molecule has 23 heavy (non-hydrogen) atoms. The number of aliphatic carboxylic acids is 1. The van der Waals surface area contributed by atoms with Crippen molar-refractivity contribution in [2.75, 3.05) is 13.1 Å². The van der Waals surface area contributed by atoms with Crippen molar-refractivity contribution >= 4 is 28.0 Å². The highest BCUT2D eigenvalue weighted by atomic mass is 79.9. The van der Waals surface area contributed by atoms with Gasteiger partial charge in [0.2, 0.25) is 0 Å². The molecule has 1 aromatic carbocycles. The summed E-state index contributed by atoms with van der Waals surface area (Å²) in [5, 5.41) is 9.41. The minimum Gasteiger partial charge on any atom is -0.481 e. The highest BCUT2D eigenvalue weighted by molar-refractivity contribution is 9.10. The number of carbonyl (C=O) groups excluding carboxylic acids is 1. The van der Waals surface area contributed by atoms with Crippen molar-refractivity contribution in [2.45, 2.75) is 32.3 Å². The molecule has 1 fully saturated rings. The molecule has 126 valence electrons. The van der Waals surface area contributed by atoms with Crippen LogP contribution in [0.3, 0.4) is 0 Å². The monoisotopic (exact) mass is 387 g/mol. The van der Waals surface area contributed by atoms with Crippen molar-refractivity contribution in [1.82, 2.24) is 4.90 Å². The molecule has 1 heterocycles. The van der Waals surface area contributed by atoms with E-state index in [2.05, 4.69) is 15.9 Å². The van der Waals surface area contributed by atoms with Crippen LogP contribution in [0.15, 0.2) is 22.7 Å². The number of rotatable bonds is 2. The van der Waals surface area contributed by atoms with Gasteiger partial charge in [-0.15, -0.1) is 0 Å². The van der Waals surface area contributed by atoms with Crippen LogP contribution in [0.4, 0.5) is 9.18 Å². The van der Waals surface area contributed by atoms with Gasteiger partial charge in [-0.05, 0) is 38.5 Å². The third kappa shape index (κ3) is 4.22. The maximum absolute atomic E-state index is 14.2.